The molecule has 0 aromatic heterocycles. The van der Waals surface area contributed by atoms with Crippen LogP contribution < -0.4 is 51.4 Å². The summed E-state index contributed by atoms with van der Waals surface area (Å²) in [6.45, 7) is -3.41. The summed E-state index contributed by atoms with van der Waals surface area (Å²) in [5.74, 6) is 0. The van der Waals surface area contributed by atoms with Gasteiger partial charge >= 0.3 is 58.4 Å². The second-order valence-corrected chi connectivity index (χ2v) is 1.39. The molecule has 1 nitrogen and oxygen atoms in total. The maximum absolute atomic E-state index is 11.3. The van der Waals surface area contributed by atoms with E-state index >= 15 is 0 Å². The Morgan fingerprint density at radius 1 is 1.44 bits per heavy atom. The molecule has 0 radical (unpaired) electrons. The molecule has 0 aliphatic heterocycles. The molecule has 0 aromatic rings. The van der Waals surface area contributed by atoms with Gasteiger partial charge in [-0.1, -0.05) is 0 Å². The smallest absolute Gasteiger partial charge is 0.445 e. The van der Waals surface area contributed by atoms with Crippen LogP contribution >= 0.6 is 0 Å². The molecule has 0 aliphatic carbocycles. The molecule has 0 heterocycles. The second-order valence-electron chi connectivity index (χ2n) is 1.39. The van der Waals surface area contributed by atoms with E-state index in [1.54, 1.807) is 0 Å². The van der Waals surface area contributed by atoms with Crippen molar-refractivity contribution in [1.82, 2.24) is 0 Å². The molecule has 0 amide bonds. The fourth-order valence-corrected chi connectivity index (χ4v) is 0.104. The minimum atomic E-state index is -5.01. The average molecular weight is 164 g/mol. The third kappa shape index (κ3) is 5.63. The molecule has 9 heavy (non-hydrogen) atoms. The Labute approximate surface area is 93.8 Å². The predicted octanol–water partition coefficient (Wildman–Crippen LogP) is -2.07. The van der Waals surface area contributed by atoms with Crippen molar-refractivity contribution in [2.45, 2.75) is 0 Å². The van der Waals surface area contributed by atoms with Crippen LogP contribution in [0, 0.1) is 0 Å². The van der Waals surface area contributed by atoms with E-state index in [0.717, 1.165) is 0 Å². The molecule has 1 N–H and O–H groups in total. The molecular weight excluding hydrogens is 159 g/mol. The van der Waals surface area contributed by atoms with Crippen LogP contribution in [0.25, 0.3) is 0 Å². The fourth-order valence-electron chi connectivity index (χ4n) is 0.104. The first-order chi connectivity index (χ1) is 3.48. The van der Waals surface area contributed by atoms with Crippen LogP contribution in [0.1, 0.15) is 0 Å². The van der Waals surface area contributed by atoms with E-state index in [-0.39, 0.29) is 51.4 Å². The molecular formula is C3H5BF3KO. The Kier molecular flexibility index (Phi) is 7.02. The van der Waals surface area contributed by atoms with Gasteiger partial charge < -0.3 is 18.1 Å². The normalized spacial score (nSPS) is 10.2. The first-order valence-electron chi connectivity index (χ1n) is 1.97. The number of halogens is 3. The van der Waals surface area contributed by atoms with Gasteiger partial charge in [0, 0.05) is 6.61 Å². The van der Waals surface area contributed by atoms with Gasteiger partial charge in [-0.25, -0.2) is 0 Å². The van der Waals surface area contributed by atoms with Crippen molar-refractivity contribution >= 4 is 6.98 Å². The van der Waals surface area contributed by atoms with Gasteiger partial charge in [-0.05, 0) is 0 Å². The Hall–Kier alpha value is 1.19. The summed E-state index contributed by atoms with van der Waals surface area (Å²) in [7, 11) is 0. The summed E-state index contributed by atoms with van der Waals surface area (Å²) in [4.78, 5) is 0. The van der Waals surface area contributed by atoms with Crippen molar-refractivity contribution in [3.63, 3.8) is 0 Å². The standard InChI is InChI=1S/C3H5BF3O.K/c1-3(2-8)4(5,6)7;/h8H,1-2H2;/q-1;+1. The number of rotatable bonds is 2. The van der Waals surface area contributed by atoms with Gasteiger partial charge in [-0.15, -0.1) is 12.1 Å². The summed E-state index contributed by atoms with van der Waals surface area (Å²) in [5, 5.41) is 7.87. The molecule has 0 aliphatic rings. The van der Waals surface area contributed by atoms with Crippen LogP contribution in [-0.4, -0.2) is 18.7 Å². The van der Waals surface area contributed by atoms with Crippen molar-refractivity contribution in [3.05, 3.63) is 12.1 Å². The van der Waals surface area contributed by atoms with E-state index in [4.69, 9.17) is 5.11 Å². The SMILES string of the molecule is C=C(CO)[B-](F)(F)F.[K+]. The fraction of sp³-hybridized carbons (Fsp3) is 0.333. The van der Waals surface area contributed by atoms with Gasteiger partial charge in [0.2, 0.25) is 0 Å². The van der Waals surface area contributed by atoms with Crippen LogP contribution in [0.5, 0.6) is 0 Å². The third-order valence-corrected chi connectivity index (χ3v) is 0.666. The summed E-state index contributed by atoms with van der Waals surface area (Å²) in [5.41, 5.74) is -1.05. The monoisotopic (exact) mass is 164 g/mol. The first-order valence-corrected chi connectivity index (χ1v) is 1.97. The molecule has 0 saturated carbocycles. The average Bonchev–Trinajstić information content (AvgIpc) is 1.62. The molecule has 48 valence electrons. The van der Waals surface area contributed by atoms with E-state index in [1.807, 2.05) is 0 Å². The Bertz CT molecular complexity index is 102. The Balaban J connectivity index is 0. The zero-order valence-electron chi connectivity index (χ0n) is 5.07. The maximum atomic E-state index is 11.3. The zero-order chi connectivity index (χ0) is 6.78. The van der Waals surface area contributed by atoms with Gasteiger partial charge in [0.15, 0.2) is 0 Å². The zero-order valence-corrected chi connectivity index (χ0v) is 8.20. The molecule has 6 heteroatoms. The van der Waals surface area contributed by atoms with Crippen LogP contribution in [0.2, 0.25) is 0 Å². The number of aliphatic hydroxyl groups excluding tert-OH is 1. The Morgan fingerprint density at radius 2 is 1.78 bits per heavy atom. The Morgan fingerprint density at radius 3 is 1.78 bits per heavy atom. The largest absolute Gasteiger partial charge is 1.00 e. The summed E-state index contributed by atoms with van der Waals surface area (Å²) in [6.07, 6.45) is 0. The minimum absolute atomic E-state index is 0. The van der Waals surface area contributed by atoms with Crippen LogP contribution in [0.15, 0.2) is 12.1 Å². The molecule has 0 saturated heterocycles. The molecule has 0 atom stereocenters. The molecule has 0 aromatic carbocycles. The third-order valence-electron chi connectivity index (χ3n) is 0.666. The van der Waals surface area contributed by atoms with E-state index in [0.29, 0.717) is 0 Å². The second kappa shape index (κ2) is 4.92. The van der Waals surface area contributed by atoms with E-state index in [9.17, 15) is 12.9 Å². The van der Waals surface area contributed by atoms with Gasteiger partial charge in [-0.3, -0.25) is 0 Å². The van der Waals surface area contributed by atoms with E-state index in [1.165, 1.54) is 0 Å². The van der Waals surface area contributed by atoms with Crippen molar-refractivity contribution in [2.75, 3.05) is 6.61 Å². The molecule has 0 unspecified atom stereocenters. The van der Waals surface area contributed by atoms with Gasteiger partial charge in [0.05, 0.1) is 0 Å². The summed E-state index contributed by atoms with van der Waals surface area (Å²) in [6, 6.07) is 0. The quantitative estimate of drug-likeness (QED) is 0.464. The molecule has 0 bridgehead atoms. The number of hydrogen-bond acceptors (Lipinski definition) is 1. The predicted molar refractivity (Wildman–Crippen MR) is 25.3 cm³/mol. The molecule has 0 rings (SSSR count). The van der Waals surface area contributed by atoms with Crippen LogP contribution in [0.3, 0.4) is 0 Å². The maximum Gasteiger partial charge on any atom is 1.00 e. The topological polar surface area (TPSA) is 20.2 Å². The van der Waals surface area contributed by atoms with Gasteiger partial charge in [-0.2, -0.15) is 0 Å². The van der Waals surface area contributed by atoms with Crippen molar-refractivity contribution in [2.24, 2.45) is 0 Å². The molecule has 0 spiro atoms. The first kappa shape index (κ1) is 12.8. The van der Waals surface area contributed by atoms with E-state index < -0.39 is 19.1 Å². The van der Waals surface area contributed by atoms with Crippen molar-refractivity contribution in [1.29, 1.82) is 0 Å². The summed E-state index contributed by atoms with van der Waals surface area (Å²) < 4.78 is 33.8. The summed E-state index contributed by atoms with van der Waals surface area (Å²) >= 11 is 0. The number of aliphatic hydroxyl groups is 1. The van der Waals surface area contributed by atoms with Gasteiger partial charge in [0.25, 0.3) is 0 Å². The van der Waals surface area contributed by atoms with Crippen LogP contribution in [-0.2, 0) is 0 Å². The van der Waals surface area contributed by atoms with E-state index in [2.05, 4.69) is 6.58 Å². The van der Waals surface area contributed by atoms with Gasteiger partial charge in [0.1, 0.15) is 0 Å². The van der Waals surface area contributed by atoms with Crippen LogP contribution in [0.4, 0.5) is 12.9 Å². The minimum Gasteiger partial charge on any atom is -0.445 e. The number of hydrogen-bond donors (Lipinski definition) is 1. The molecule has 0 fully saturated rings. The van der Waals surface area contributed by atoms with Crippen molar-refractivity contribution < 1.29 is 69.4 Å². The van der Waals surface area contributed by atoms with Crippen molar-refractivity contribution in [3.8, 4) is 0 Å².